The maximum absolute atomic E-state index is 13.8. The van der Waals surface area contributed by atoms with Gasteiger partial charge in [0.15, 0.2) is 0 Å². The quantitative estimate of drug-likeness (QED) is 0.906. The van der Waals surface area contributed by atoms with Crippen molar-refractivity contribution in [3.05, 3.63) is 58.4 Å². The van der Waals surface area contributed by atoms with Crippen molar-refractivity contribution in [1.29, 1.82) is 0 Å². The first-order valence-electron chi connectivity index (χ1n) is 6.11. The second-order valence-corrected chi connectivity index (χ2v) is 6.60. The summed E-state index contributed by atoms with van der Waals surface area (Å²) in [4.78, 5) is -0.442. The second kappa shape index (κ2) is 6.01. The van der Waals surface area contributed by atoms with Crippen LogP contribution in [0.3, 0.4) is 0 Å². The first-order valence-corrected chi connectivity index (χ1v) is 7.97. The maximum atomic E-state index is 13.8. The van der Waals surface area contributed by atoms with E-state index in [1.165, 1.54) is 18.2 Å². The van der Waals surface area contributed by atoms with E-state index in [1.54, 1.807) is 19.1 Å². The Bertz CT molecular complexity index is 779. The van der Waals surface area contributed by atoms with Gasteiger partial charge >= 0.3 is 0 Å². The molecule has 2 aromatic rings. The number of hydrogen-bond donors (Lipinski definition) is 2. The Kier molecular flexibility index (Phi) is 4.51. The molecular formula is C14H14ClFN2O2S. The summed E-state index contributed by atoms with van der Waals surface area (Å²) >= 11 is 5.94. The summed E-state index contributed by atoms with van der Waals surface area (Å²) in [7, 11) is -4.05. The predicted molar refractivity (Wildman–Crippen MR) is 81.3 cm³/mol. The standard InChI is InChI=1S/C14H14ClFN2O2S/c1-9-2-4-11(7-12(9)15)18-21(19,20)14-6-10(8-17)3-5-13(14)16/h2-7,18H,8,17H2,1H3. The van der Waals surface area contributed by atoms with Crippen LogP contribution in [-0.4, -0.2) is 8.42 Å². The molecule has 3 N–H and O–H groups in total. The van der Waals surface area contributed by atoms with E-state index in [0.717, 1.165) is 11.6 Å². The van der Waals surface area contributed by atoms with E-state index in [1.807, 2.05) is 0 Å². The molecule has 0 fully saturated rings. The van der Waals surface area contributed by atoms with Crippen LogP contribution in [-0.2, 0) is 16.6 Å². The van der Waals surface area contributed by atoms with Gasteiger partial charge in [0.25, 0.3) is 10.0 Å². The highest BCUT2D eigenvalue weighted by Crippen LogP contribution is 2.24. The van der Waals surface area contributed by atoms with E-state index in [9.17, 15) is 12.8 Å². The smallest absolute Gasteiger partial charge is 0.264 e. The summed E-state index contributed by atoms with van der Waals surface area (Å²) in [6.07, 6.45) is 0. The van der Waals surface area contributed by atoms with E-state index in [4.69, 9.17) is 17.3 Å². The van der Waals surface area contributed by atoms with Crippen molar-refractivity contribution in [3.8, 4) is 0 Å². The minimum Gasteiger partial charge on any atom is -0.326 e. The zero-order chi connectivity index (χ0) is 15.6. The lowest BCUT2D eigenvalue weighted by Gasteiger charge is -2.11. The summed E-state index contributed by atoms with van der Waals surface area (Å²) in [6.45, 7) is 1.92. The summed E-state index contributed by atoms with van der Waals surface area (Å²) in [5, 5.41) is 0.423. The van der Waals surface area contributed by atoms with Gasteiger partial charge in [-0.15, -0.1) is 0 Å². The van der Waals surface area contributed by atoms with Gasteiger partial charge in [-0.25, -0.2) is 12.8 Å². The molecule has 0 heterocycles. The summed E-state index contributed by atoms with van der Waals surface area (Å²) < 4.78 is 40.6. The Morgan fingerprint density at radius 1 is 1.24 bits per heavy atom. The average Bonchev–Trinajstić information content (AvgIpc) is 2.43. The third kappa shape index (κ3) is 3.53. The van der Waals surface area contributed by atoms with Crippen LogP contribution in [0.5, 0.6) is 0 Å². The number of aryl methyl sites for hydroxylation is 1. The average molecular weight is 329 g/mol. The molecule has 2 rings (SSSR count). The molecule has 0 amide bonds. The Labute approximate surface area is 127 Å². The normalized spacial score (nSPS) is 11.4. The lowest BCUT2D eigenvalue weighted by molar-refractivity contribution is 0.569. The van der Waals surface area contributed by atoms with Gasteiger partial charge in [0, 0.05) is 11.6 Å². The fraction of sp³-hybridized carbons (Fsp3) is 0.143. The summed E-state index contributed by atoms with van der Waals surface area (Å²) in [5.41, 5.74) is 7.06. The fourth-order valence-electron chi connectivity index (χ4n) is 1.75. The monoisotopic (exact) mass is 328 g/mol. The highest BCUT2D eigenvalue weighted by Gasteiger charge is 2.20. The van der Waals surface area contributed by atoms with Gasteiger partial charge in [0.05, 0.1) is 5.69 Å². The van der Waals surface area contributed by atoms with E-state index >= 15 is 0 Å². The topological polar surface area (TPSA) is 72.2 Å². The molecule has 4 nitrogen and oxygen atoms in total. The number of hydrogen-bond acceptors (Lipinski definition) is 3. The molecule has 0 unspecified atom stereocenters. The predicted octanol–water partition coefficient (Wildman–Crippen LogP) is 3.05. The van der Waals surface area contributed by atoms with Gasteiger partial charge in [-0.05, 0) is 42.3 Å². The SMILES string of the molecule is Cc1ccc(NS(=O)(=O)c2cc(CN)ccc2F)cc1Cl. The van der Waals surface area contributed by atoms with Gasteiger partial charge in [0.2, 0.25) is 0 Å². The molecule has 0 bridgehead atoms. The number of anilines is 1. The number of halogens is 2. The molecule has 7 heteroatoms. The number of nitrogens with two attached hydrogens (primary N) is 1. The van der Waals surface area contributed by atoms with Crippen molar-refractivity contribution < 1.29 is 12.8 Å². The summed E-state index contributed by atoms with van der Waals surface area (Å²) in [5.74, 6) is -0.835. The van der Waals surface area contributed by atoms with Gasteiger partial charge < -0.3 is 5.73 Å². The van der Waals surface area contributed by atoms with Crippen LogP contribution in [0.1, 0.15) is 11.1 Å². The van der Waals surface area contributed by atoms with Gasteiger partial charge in [-0.2, -0.15) is 0 Å². The van der Waals surface area contributed by atoms with Crippen molar-refractivity contribution >= 4 is 27.3 Å². The molecule has 21 heavy (non-hydrogen) atoms. The van der Waals surface area contributed by atoms with E-state index < -0.39 is 20.7 Å². The van der Waals surface area contributed by atoms with E-state index in [0.29, 0.717) is 10.6 Å². The highest BCUT2D eigenvalue weighted by atomic mass is 35.5. The summed E-state index contributed by atoms with van der Waals surface area (Å²) in [6, 6.07) is 8.44. The minimum absolute atomic E-state index is 0.124. The van der Waals surface area contributed by atoms with Gasteiger partial charge in [-0.3, -0.25) is 4.72 Å². The molecule has 0 spiro atoms. The maximum Gasteiger partial charge on any atom is 0.264 e. The Morgan fingerprint density at radius 3 is 2.57 bits per heavy atom. The van der Waals surface area contributed by atoms with Crippen LogP contribution in [0, 0.1) is 12.7 Å². The zero-order valence-corrected chi connectivity index (χ0v) is 12.8. The third-order valence-electron chi connectivity index (χ3n) is 2.94. The van der Waals surface area contributed by atoms with Crippen molar-refractivity contribution in [2.75, 3.05) is 4.72 Å². The van der Waals surface area contributed by atoms with Crippen molar-refractivity contribution in [2.45, 2.75) is 18.4 Å². The number of rotatable bonds is 4. The van der Waals surface area contributed by atoms with E-state index in [-0.39, 0.29) is 12.2 Å². The lowest BCUT2D eigenvalue weighted by Crippen LogP contribution is -2.15. The van der Waals surface area contributed by atoms with Crippen LogP contribution in [0.15, 0.2) is 41.3 Å². The van der Waals surface area contributed by atoms with Crippen LogP contribution >= 0.6 is 11.6 Å². The molecule has 0 saturated heterocycles. The molecule has 0 saturated carbocycles. The lowest BCUT2D eigenvalue weighted by atomic mass is 10.2. The molecule has 0 aromatic heterocycles. The van der Waals surface area contributed by atoms with Crippen LogP contribution in [0.25, 0.3) is 0 Å². The van der Waals surface area contributed by atoms with Crippen LogP contribution in [0.2, 0.25) is 5.02 Å². The highest BCUT2D eigenvalue weighted by molar-refractivity contribution is 7.92. The van der Waals surface area contributed by atoms with Crippen molar-refractivity contribution in [3.63, 3.8) is 0 Å². The molecule has 112 valence electrons. The van der Waals surface area contributed by atoms with Crippen LogP contribution in [0.4, 0.5) is 10.1 Å². The van der Waals surface area contributed by atoms with Crippen molar-refractivity contribution in [1.82, 2.24) is 0 Å². The zero-order valence-electron chi connectivity index (χ0n) is 11.2. The first-order chi connectivity index (χ1) is 9.83. The van der Waals surface area contributed by atoms with Gasteiger partial charge in [0.1, 0.15) is 10.7 Å². The fourth-order valence-corrected chi connectivity index (χ4v) is 3.11. The molecule has 0 atom stereocenters. The third-order valence-corrected chi connectivity index (χ3v) is 4.75. The molecule has 0 aliphatic rings. The molecular weight excluding hydrogens is 315 g/mol. The molecule has 0 aliphatic heterocycles. The Balaban J connectivity index is 2.40. The molecule has 2 aromatic carbocycles. The Hall–Kier alpha value is -1.63. The number of benzene rings is 2. The van der Waals surface area contributed by atoms with E-state index in [2.05, 4.69) is 4.72 Å². The first kappa shape index (κ1) is 15.8. The minimum atomic E-state index is -4.05. The van der Waals surface area contributed by atoms with Crippen LogP contribution < -0.4 is 10.5 Å². The molecule has 0 aliphatic carbocycles. The number of sulfonamides is 1. The molecule has 0 radical (unpaired) electrons. The number of nitrogens with one attached hydrogen (secondary N) is 1. The van der Waals surface area contributed by atoms with Gasteiger partial charge in [-0.1, -0.05) is 23.7 Å². The van der Waals surface area contributed by atoms with Crippen molar-refractivity contribution in [2.24, 2.45) is 5.73 Å². The second-order valence-electron chi connectivity index (χ2n) is 4.54. The Morgan fingerprint density at radius 2 is 1.95 bits per heavy atom. The largest absolute Gasteiger partial charge is 0.326 e.